The second kappa shape index (κ2) is 7.82. The van der Waals surface area contributed by atoms with Crippen LogP contribution in [0.2, 0.25) is 0 Å². The van der Waals surface area contributed by atoms with Crippen LogP contribution in [-0.4, -0.2) is 10.8 Å². The fraction of sp³-hybridized carbons (Fsp3) is 0.174. The molecule has 4 rings (SSSR count). The summed E-state index contributed by atoms with van der Waals surface area (Å²) in [6, 6.07) is 16.8. The van der Waals surface area contributed by atoms with E-state index in [9.17, 15) is 22.4 Å². The van der Waals surface area contributed by atoms with Crippen LogP contribution >= 0.6 is 0 Å². The quantitative estimate of drug-likeness (QED) is 0.569. The summed E-state index contributed by atoms with van der Waals surface area (Å²) in [4.78, 5) is 14.9. The minimum atomic E-state index is -4.48. The summed E-state index contributed by atoms with van der Waals surface area (Å²) in [6.07, 6.45) is -4.48. The number of hydrogen-bond acceptors (Lipinski definition) is 2. The number of alkyl halides is 3. The normalized spacial score (nSPS) is 14.3. The van der Waals surface area contributed by atoms with Gasteiger partial charge in [0, 0.05) is 13.1 Å². The number of benzene rings is 3. The Labute approximate surface area is 170 Å². The third kappa shape index (κ3) is 4.01. The maximum Gasteiger partial charge on any atom is 0.416 e. The number of rotatable bonds is 4. The highest BCUT2D eigenvalue weighted by Gasteiger charge is 2.33. The zero-order valence-electron chi connectivity index (χ0n) is 15.8. The summed E-state index contributed by atoms with van der Waals surface area (Å²) >= 11 is 0. The molecule has 1 amide bonds. The van der Waals surface area contributed by atoms with E-state index in [2.05, 4.69) is 5.32 Å². The fourth-order valence-corrected chi connectivity index (χ4v) is 3.56. The van der Waals surface area contributed by atoms with Crippen molar-refractivity contribution in [1.82, 2.24) is 4.90 Å². The van der Waals surface area contributed by atoms with Gasteiger partial charge in [-0.05, 0) is 41.0 Å². The monoisotopic (exact) mass is 414 g/mol. The lowest BCUT2D eigenvalue weighted by Gasteiger charge is -2.25. The lowest BCUT2D eigenvalue weighted by atomic mass is 10.0. The van der Waals surface area contributed by atoms with Gasteiger partial charge in [0.2, 0.25) is 5.91 Å². The average Bonchev–Trinajstić information content (AvgIpc) is 3.16. The molecule has 3 nitrogen and oxygen atoms in total. The van der Waals surface area contributed by atoms with Gasteiger partial charge in [-0.15, -0.1) is 0 Å². The highest BCUT2D eigenvalue weighted by molar-refractivity contribution is 5.86. The Bertz CT molecular complexity index is 1040. The molecule has 154 valence electrons. The number of amides is 1. The van der Waals surface area contributed by atoms with Crippen molar-refractivity contribution in [2.24, 2.45) is 0 Å². The molecule has 0 spiro atoms. The van der Waals surface area contributed by atoms with Crippen molar-refractivity contribution >= 4 is 11.6 Å². The Morgan fingerprint density at radius 3 is 2.00 bits per heavy atom. The van der Waals surface area contributed by atoms with Crippen LogP contribution in [0, 0.1) is 5.82 Å². The standard InChI is InChI=1S/C23H18F4N2O/c24-19-7-3-4-8-20(19)28-21(15-9-11-18(12-10-15)23(25,26)27)22(30)29-13-16-5-1-2-6-17(16)14-29/h1-12,21,28H,13-14H2. The van der Waals surface area contributed by atoms with Gasteiger partial charge in [0.1, 0.15) is 11.9 Å². The van der Waals surface area contributed by atoms with Crippen LogP contribution in [0.4, 0.5) is 23.2 Å². The zero-order valence-corrected chi connectivity index (χ0v) is 15.8. The van der Waals surface area contributed by atoms with E-state index in [4.69, 9.17) is 0 Å². The van der Waals surface area contributed by atoms with Crippen molar-refractivity contribution in [3.63, 3.8) is 0 Å². The molecule has 3 aromatic carbocycles. The van der Waals surface area contributed by atoms with Crippen LogP contribution < -0.4 is 5.32 Å². The molecule has 0 saturated carbocycles. The number of carbonyl (C=O) groups excluding carboxylic acids is 1. The molecule has 0 saturated heterocycles. The minimum Gasteiger partial charge on any atom is -0.368 e. The summed E-state index contributed by atoms with van der Waals surface area (Å²) in [5.41, 5.74) is 1.66. The van der Waals surface area contributed by atoms with Crippen LogP contribution in [-0.2, 0) is 24.1 Å². The first-order chi connectivity index (χ1) is 14.3. The molecule has 0 radical (unpaired) electrons. The molecule has 0 aliphatic carbocycles. The molecule has 1 atom stereocenters. The lowest BCUT2D eigenvalue weighted by molar-refractivity contribution is -0.137. The smallest absolute Gasteiger partial charge is 0.368 e. The van der Waals surface area contributed by atoms with Gasteiger partial charge in [0.25, 0.3) is 0 Å². The number of nitrogens with one attached hydrogen (secondary N) is 1. The van der Waals surface area contributed by atoms with E-state index in [1.807, 2.05) is 24.3 Å². The molecular weight excluding hydrogens is 396 g/mol. The average molecular weight is 414 g/mol. The summed E-state index contributed by atoms with van der Waals surface area (Å²) < 4.78 is 53.0. The number of hydrogen-bond donors (Lipinski definition) is 1. The first kappa shape index (κ1) is 19.9. The van der Waals surface area contributed by atoms with E-state index in [0.29, 0.717) is 18.7 Å². The molecule has 0 bridgehead atoms. The van der Waals surface area contributed by atoms with E-state index in [1.54, 1.807) is 11.0 Å². The molecule has 30 heavy (non-hydrogen) atoms. The summed E-state index contributed by atoms with van der Waals surface area (Å²) in [5, 5.41) is 2.88. The molecule has 1 aliphatic rings. The Kier molecular flexibility index (Phi) is 5.20. The molecule has 0 aromatic heterocycles. The number of nitrogens with zero attached hydrogens (tertiary/aromatic N) is 1. The Hall–Kier alpha value is -3.35. The van der Waals surface area contributed by atoms with Gasteiger partial charge in [0.05, 0.1) is 11.3 Å². The summed E-state index contributed by atoms with van der Waals surface area (Å²) in [7, 11) is 0. The van der Waals surface area contributed by atoms with Gasteiger partial charge in [0.15, 0.2) is 0 Å². The SMILES string of the molecule is O=C(C(Nc1ccccc1F)c1ccc(C(F)(F)F)cc1)N1Cc2ccccc2C1. The third-order valence-corrected chi connectivity index (χ3v) is 5.14. The van der Waals surface area contributed by atoms with Gasteiger partial charge in [-0.3, -0.25) is 4.79 Å². The van der Waals surface area contributed by atoms with Crippen molar-refractivity contribution < 1.29 is 22.4 Å². The zero-order chi connectivity index (χ0) is 21.3. The van der Waals surface area contributed by atoms with Crippen molar-refractivity contribution in [3.8, 4) is 0 Å². The largest absolute Gasteiger partial charge is 0.416 e. The number of fused-ring (bicyclic) bond motifs is 1. The summed E-state index contributed by atoms with van der Waals surface area (Å²) in [5.74, 6) is -0.888. The topological polar surface area (TPSA) is 32.3 Å². The molecule has 1 aliphatic heterocycles. The van der Waals surface area contributed by atoms with Crippen molar-refractivity contribution in [3.05, 3.63) is 101 Å². The maximum atomic E-state index is 14.2. The molecule has 1 N–H and O–H groups in total. The molecule has 1 unspecified atom stereocenters. The molecule has 1 heterocycles. The van der Waals surface area contributed by atoms with Crippen LogP contribution in [0.5, 0.6) is 0 Å². The van der Waals surface area contributed by atoms with Crippen LogP contribution in [0.3, 0.4) is 0 Å². The Morgan fingerprint density at radius 2 is 1.43 bits per heavy atom. The number of anilines is 1. The van der Waals surface area contributed by atoms with Gasteiger partial charge in [-0.1, -0.05) is 48.5 Å². The van der Waals surface area contributed by atoms with Gasteiger partial charge < -0.3 is 10.2 Å². The van der Waals surface area contributed by atoms with Gasteiger partial charge >= 0.3 is 6.18 Å². The molecule has 7 heteroatoms. The van der Waals surface area contributed by atoms with E-state index < -0.39 is 23.6 Å². The Balaban J connectivity index is 1.65. The Morgan fingerprint density at radius 1 is 0.867 bits per heavy atom. The van der Waals surface area contributed by atoms with Crippen LogP contribution in [0.1, 0.15) is 28.3 Å². The molecule has 3 aromatic rings. The van der Waals surface area contributed by atoms with Gasteiger partial charge in [-0.25, -0.2) is 4.39 Å². The van der Waals surface area contributed by atoms with Crippen LogP contribution in [0.15, 0.2) is 72.8 Å². The van der Waals surface area contributed by atoms with Crippen molar-refractivity contribution in [1.29, 1.82) is 0 Å². The van der Waals surface area contributed by atoms with Crippen molar-refractivity contribution in [2.75, 3.05) is 5.32 Å². The number of halogens is 4. The predicted molar refractivity (Wildman–Crippen MR) is 105 cm³/mol. The second-order valence-electron chi connectivity index (χ2n) is 7.14. The number of carbonyl (C=O) groups is 1. The first-order valence-electron chi connectivity index (χ1n) is 9.37. The first-order valence-corrected chi connectivity index (χ1v) is 9.37. The second-order valence-corrected chi connectivity index (χ2v) is 7.14. The van der Waals surface area contributed by atoms with E-state index in [0.717, 1.165) is 23.3 Å². The molecule has 0 fully saturated rings. The highest BCUT2D eigenvalue weighted by atomic mass is 19.4. The van der Waals surface area contributed by atoms with Gasteiger partial charge in [-0.2, -0.15) is 13.2 Å². The predicted octanol–water partition coefficient (Wildman–Crippen LogP) is 5.54. The highest BCUT2D eigenvalue weighted by Crippen LogP contribution is 2.32. The fourth-order valence-electron chi connectivity index (χ4n) is 3.56. The van der Waals surface area contributed by atoms with Crippen molar-refractivity contribution in [2.45, 2.75) is 25.3 Å². The minimum absolute atomic E-state index is 0.104. The van der Waals surface area contributed by atoms with Crippen LogP contribution in [0.25, 0.3) is 0 Å². The van der Waals surface area contributed by atoms with E-state index in [-0.39, 0.29) is 11.6 Å². The summed E-state index contributed by atoms with van der Waals surface area (Å²) in [6.45, 7) is 0.788. The lowest BCUT2D eigenvalue weighted by Crippen LogP contribution is -2.34. The number of para-hydroxylation sites is 1. The van der Waals surface area contributed by atoms with E-state index in [1.165, 1.54) is 30.3 Å². The van der Waals surface area contributed by atoms with E-state index >= 15 is 0 Å². The molecular formula is C23H18F4N2O. The maximum absolute atomic E-state index is 14.2. The third-order valence-electron chi connectivity index (χ3n) is 5.14.